The smallest absolute Gasteiger partial charge is 0.234 e. The summed E-state index contributed by atoms with van der Waals surface area (Å²) in [6.07, 6.45) is 3.35. The van der Waals surface area contributed by atoms with Crippen molar-refractivity contribution in [1.29, 1.82) is 0 Å². The molecule has 0 aliphatic carbocycles. The van der Waals surface area contributed by atoms with Gasteiger partial charge in [0.05, 0.1) is 36.9 Å². The summed E-state index contributed by atoms with van der Waals surface area (Å²) in [6.45, 7) is 0. The van der Waals surface area contributed by atoms with E-state index in [2.05, 4.69) is 15.4 Å². The first kappa shape index (κ1) is 20.7. The van der Waals surface area contributed by atoms with Crippen LogP contribution in [0.4, 0.5) is 10.1 Å². The monoisotopic (exact) mass is 438 g/mol. The number of anilines is 1. The largest absolute Gasteiger partial charge is 0.497 e. The molecule has 0 unspecified atom stereocenters. The summed E-state index contributed by atoms with van der Waals surface area (Å²) in [7, 11) is 3.09. The van der Waals surface area contributed by atoms with Crippen molar-refractivity contribution in [3.05, 3.63) is 66.7 Å². The van der Waals surface area contributed by atoms with Gasteiger partial charge >= 0.3 is 0 Å². The highest BCUT2D eigenvalue weighted by Crippen LogP contribution is 2.30. The first-order valence-electron chi connectivity index (χ1n) is 9.32. The summed E-state index contributed by atoms with van der Waals surface area (Å²) >= 11 is 1.30. The second-order valence-electron chi connectivity index (χ2n) is 6.50. The van der Waals surface area contributed by atoms with Crippen LogP contribution in [-0.4, -0.2) is 40.5 Å². The second-order valence-corrected chi connectivity index (χ2v) is 7.47. The molecule has 1 N–H and O–H groups in total. The quantitative estimate of drug-likeness (QED) is 0.434. The number of halogens is 1. The van der Waals surface area contributed by atoms with Crippen LogP contribution in [0.15, 0.2) is 66.0 Å². The number of thioether (sulfide) groups is 1. The lowest BCUT2D eigenvalue weighted by molar-refractivity contribution is -0.113. The lowest BCUT2D eigenvalue weighted by Crippen LogP contribution is -2.15. The number of rotatable bonds is 7. The number of ether oxygens (including phenoxy) is 2. The van der Waals surface area contributed by atoms with E-state index in [-0.39, 0.29) is 17.5 Å². The van der Waals surface area contributed by atoms with Crippen molar-refractivity contribution in [1.82, 2.24) is 14.6 Å². The van der Waals surface area contributed by atoms with Crippen molar-refractivity contribution in [2.24, 2.45) is 0 Å². The third-order valence-electron chi connectivity index (χ3n) is 4.52. The van der Waals surface area contributed by atoms with Crippen LogP contribution in [0.3, 0.4) is 0 Å². The Morgan fingerprint density at radius 1 is 1.13 bits per heavy atom. The van der Waals surface area contributed by atoms with Gasteiger partial charge in [0.2, 0.25) is 5.91 Å². The van der Waals surface area contributed by atoms with E-state index in [0.717, 1.165) is 11.1 Å². The van der Waals surface area contributed by atoms with E-state index in [4.69, 9.17) is 9.47 Å². The molecule has 0 aliphatic heterocycles. The minimum Gasteiger partial charge on any atom is -0.497 e. The molecule has 4 rings (SSSR count). The zero-order valence-electron chi connectivity index (χ0n) is 16.8. The van der Waals surface area contributed by atoms with Crippen LogP contribution in [0.1, 0.15) is 0 Å². The van der Waals surface area contributed by atoms with Crippen LogP contribution in [0.2, 0.25) is 0 Å². The number of nitrogens with one attached hydrogen (secondary N) is 1. The topological polar surface area (TPSA) is 77.8 Å². The molecule has 2 aromatic carbocycles. The highest BCUT2D eigenvalue weighted by molar-refractivity contribution is 8.00. The number of carbonyl (C=O) groups excluding carboxylic acids is 1. The van der Waals surface area contributed by atoms with Gasteiger partial charge in [-0.25, -0.2) is 13.9 Å². The Labute approximate surface area is 182 Å². The van der Waals surface area contributed by atoms with Crippen molar-refractivity contribution in [3.8, 4) is 22.8 Å². The summed E-state index contributed by atoms with van der Waals surface area (Å²) in [5.41, 5.74) is 2.78. The summed E-state index contributed by atoms with van der Waals surface area (Å²) in [5, 5.41) is 8.02. The standard InChI is InChI=1S/C22H19FN4O3S/c1-29-16-7-8-20(30-2)18(11-16)25-21(28)13-31-22-19-12-17(26-27(19)10-9-24-22)14-3-5-15(23)6-4-14/h3-12H,13H2,1-2H3,(H,25,28). The fourth-order valence-corrected chi connectivity index (χ4v) is 3.78. The molecule has 7 nitrogen and oxygen atoms in total. The molecular weight excluding hydrogens is 419 g/mol. The van der Waals surface area contributed by atoms with E-state index in [1.54, 1.807) is 54.4 Å². The summed E-state index contributed by atoms with van der Waals surface area (Å²) < 4.78 is 25.4. The van der Waals surface area contributed by atoms with Gasteiger partial charge in [-0.15, -0.1) is 0 Å². The van der Waals surface area contributed by atoms with Gasteiger partial charge in [-0.3, -0.25) is 4.79 Å². The lowest BCUT2D eigenvalue weighted by Gasteiger charge is -2.11. The maximum absolute atomic E-state index is 13.2. The number of fused-ring (bicyclic) bond motifs is 1. The van der Waals surface area contributed by atoms with Crippen LogP contribution >= 0.6 is 11.8 Å². The molecule has 0 bridgehead atoms. The minimum atomic E-state index is -0.302. The number of carbonyl (C=O) groups is 1. The van der Waals surface area contributed by atoms with Crippen molar-refractivity contribution < 1.29 is 18.7 Å². The minimum absolute atomic E-state index is 0.143. The van der Waals surface area contributed by atoms with Gasteiger partial charge in [0.1, 0.15) is 22.3 Å². The molecule has 0 saturated heterocycles. The number of aromatic nitrogens is 3. The molecule has 0 spiro atoms. The Hall–Kier alpha value is -3.59. The molecule has 0 atom stereocenters. The SMILES string of the molecule is COc1ccc(OC)c(NC(=O)CSc2nccn3nc(-c4ccc(F)cc4)cc23)c1. The van der Waals surface area contributed by atoms with Gasteiger partial charge in [-0.2, -0.15) is 5.10 Å². The van der Waals surface area contributed by atoms with E-state index in [1.165, 1.54) is 31.0 Å². The normalized spacial score (nSPS) is 10.8. The van der Waals surface area contributed by atoms with Crippen LogP contribution in [-0.2, 0) is 4.79 Å². The molecule has 4 aromatic rings. The number of hydrogen-bond acceptors (Lipinski definition) is 6. The predicted molar refractivity (Wildman–Crippen MR) is 117 cm³/mol. The lowest BCUT2D eigenvalue weighted by atomic mass is 10.1. The molecular formula is C22H19FN4O3S. The van der Waals surface area contributed by atoms with Crippen LogP contribution in [0.25, 0.3) is 16.8 Å². The Morgan fingerprint density at radius 2 is 1.94 bits per heavy atom. The number of benzene rings is 2. The van der Waals surface area contributed by atoms with Crippen molar-refractivity contribution in [2.45, 2.75) is 5.03 Å². The third kappa shape index (κ3) is 4.61. The molecule has 158 valence electrons. The maximum Gasteiger partial charge on any atom is 0.234 e. The predicted octanol–water partition coefficient (Wildman–Crippen LogP) is 4.28. The summed E-state index contributed by atoms with van der Waals surface area (Å²) in [4.78, 5) is 16.9. The molecule has 0 radical (unpaired) electrons. The molecule has 0 fully saturated rings. The number of methoxy groups -OCH3 is 2. The van der Waals surface area contributed by atoms with E-state index in [9.17, 15) is 9.18 Å². The molecule has 1 amide bonds. The molecule has 2 heterocycles. The second kappa shape index (κ2) is 9.05. The van der Waals surface area contributed by atoms with E-state index >= 15 is 0 Å². The van der Waals surface area contributed by atoms with Gasteiger partial charge in [0.25, 0.3) is 0 Å². The number of amides is 1. The molecule has 0 aliphatic rings. The van der Waals surface area contributed by atoms with Gasteiger partial charge in [-0.1, -0.05) is 11.8 Å². The maximum atomic E-state index is 13.2. The van der Waals surface area contributed by atoms with Gasteiger partial charge in [-0.05, 0) is 42.5 Å². The van der Waals surface area contributed by atoms with E-state index in [0.29, 0.717) is 27.9 Å². The highest BCUT2D eigenvalue weighted by Gasteiger charge is 2.13. The zero-order chi connectivity index (χ0) is 21.8. The zero-order valence-corrected chi connectivity index (χ0v) is 17.6. The fraction of sp³-hybridized carbons (Fsp3) is 0.136. The van der Waals surface area contributed by atoms with Crippen molar-refractivity contribution in [2.75, 3.05) is 25.3 Å². The van der Waals surface area contributed by atoms with Crippen LogP contribution < -0.4 is 14.8 Å². The Balaban J connectivity index is 1.50. The molecule has 2 aromatic heterocycles. The van der Waals surface area contributed by atoms with Crippen molar-refractivity contribution >= 4 is 28.9 Å². The average Bonchev–Trinajstić information content (AvgIpc) is 3.23. The average molecular weight is 438 g/mol. The fourth-order valence-electron chi connectivity index (χ4n) is 3.00. The van der Waals surface area contributed by atoms with Gasteiger partial charge in [0, 0.05) is 24.0 Å². The molecule has 0 saturated carbocycles. The Kier molecular flexibility index (Phi) is 6.03. The molecule has 9 heteroatoms. The Bertz CT molecular complexity index is 1230. The van der Waals surface area contributed by atoms with E-state index < -0.39 is 0 Å². The first-order valence-corrected chi connectivity index (χ1v) is 10.3. The number of hydrogen-bond donors (Lipinski definition) is 1. The van der Waals surface area contributed by atoms with Crippen molar-refractivity contribution in [3.63, 3.8) is 0 Å². The summed E-state index contributed by atoms with van der Waals surface area (Å²) in [6, 6.07) is 13.2. The van der Waals surface area contributed by atoms with Crippen LogP contribution in [0.5, 0.6) is 11.5 Å². The molecule has 31 heavy (non-hydrogen) atoms. The highest BCUT2D eigenvalue weighted by atomic mass is 32.2. The number of nitrogens with zero attached hydrogens (tertiary/aromatic N) is 3. The van der Waals surface area contributed by atoms with Gasteiger partial charge in [0.15, 0.2) is 0 Å². The van der Waals surface area contributed by atoms with Crippen LogP contribution in [0, 0.1) is 5.82 Å². The third-order valence-corrected chi connectivity index (χ3v) is 5.51. The first-order chi connectivity index (χ1) is 15.1. The Morgan fingerprint density at radius 3 is 2.68 bits per heavy atom. The summed E-state index contributed by atoms with van der Waals surface area (Å²) in [5.74, 6) is 0.786. The van der Waals surface area contributed by atoms with Gasteiger partial charge < -0.3 is 14.8 Å². The van der Waals surface area contributed by atoms with E-state index in [1.807, 2.05) is 6.07 Å².